The van der Waals surface area contributed by atoms with Crippen LogP contribution in [0.5, 0.6) is 11.5 Å². The molecule has 148 valence electrons. The second kappa shape index (κ2) is 8.02. The molecule has 2 heterocycles. The fraction of sp³-hybridized carbons (Fsp3) is 0.150. The van der Waals surface area contributed by atoms with E-state index in [1.807, 2.05) is 0 Å². The fourth-order valence-corrected chi connectivity index (χ4v) is 3.41. The number of ether oxygens (including phenoxy) is 1. The molecular formula is C20H17ClFN5O2. The van der Waals surface area contributed by atoms with Gasteiger partial charge in [-0.05, 0) is 36.4 Å². The zero-order chi connectivity index (χ0) is 20.3. The van der Waals surface area contributed by atoms with Gasteiger partial charge in [0.2, 0.25) is 0 Å². The van der Waals surface area contributed by atoms with Gasteiger partial charge < -0.3 is 14.4 Å². The van der Waals surface area contributed by atoms with Crippen molar-refractivity contribution in [3.05, 3.63) is 90.2 Å². The van der Waals surface area contributed by atoms with E-state index in [2.05, 4.69) is 15.1 Å². The molecule has 1 unspecified atom stereocenters. The smallest absolute Gasteiger partial charge is 0.137 e. The number of aliphatic hydroxyl groups is 1. The van der Waals surface area contributed by atoms with Crippen molar-refractivity contribution in [3.8, 4) is 11.5 Å². The molecule has 1 N–H and O–H groups in total. The molecule has 2 aromatic carbocycles. The van der Waals surface area contributed by atoms with Crippen LogP contribution < -0.4 is 4.74 Å². The lowest BCUT2D eigenvalue weighted by atomic mass is 9.93. The van der Waals surface area contributed by atoms with Gasteiger partial charge >= 0.3 is 0 Å². The van der Waals surface area contributed by atoms with Gasteiger partial charge in [0.25, 0.3) is 0 Å². The van der Waals surface area contributed by atoms with E-state index in [1.54, 1.807) is 41.5 Å². The van der Waals surface area contributed by atoms with Gasteiger partial charge in [-0.3, -0.25) is 0 Å². The number of imidazole rings is 1. The molecule has 1 atom stereocenters. The number of nitrogens with zero attached hydrogens (tertiary/aromatic N) is 5. The largest absolute Gasteiger partial charge is 0.457 e. The van der Waals surface area contributed by atoms with Gasteiger partial charge in [0.05, 0.1) is 24.4 Å². The number of aromatic nitrogens is 5. The molecule has 7 nitrogen and oxygen atoms in total. The van der Waals surface area contributed by atoms with E-state index in [-0.39, 0.29) is 18.9 Å². The third kappa shape index (κ3) is 4.44. The van der Waals surface area contributed by atoms with Crippen LogP contribution in [0.2, 0.25) is 5.02 Å². The number of benzene rings is 2. The van der Waals surface area contributed by atoms with Crippen LogP contribution in [-0.4, -0.2) is 29.4 Å². The summed E-state index contributed by atoms with van der Waals surface area (Å²) < 4.78 is 22.1. The molecule has 4 aromatic rings. The Bertz CT molecular complexity index is 1030. The Labute approximate surface area is 171 Å². The van der Waals surface area contributed by atoms with Crippen molar-refractivity contribution in [1.29, 1.82) is 0 Å². The van der Waals surface area contributed by atoms with Crippen molar-refractivity contribution in [2.45, 2.75) is 18.7 Å². The lowest BCUT2D eigenvalue weighted by Gasteiger charge is -2.30. The Morgan fingerprint density at radius 1 is 1.03 bits per heavy atom. The topological polar surface area (TPSA) is 78.0 Å². The molecule has 0 amide bonds. The van der Waals surface area contributed by atoms with Crippen LogP contribution in [0.25, 0.3) is 0 Å². The maximum absolute atomic E-state index is 13.1. The van der Waals surface area contributed by atoms with E-state index in [1.165, 1.54) is 41.6 Å². The summed E-state index contributed by atoms with van der Waals surface area (Å²) >= 11 is 6.52. The molecule has 0 bridgehead atoms. The zero-order valence-electron chi connectivity index (χ0n) is 15.2. The van der Waals surface area contributed by atoms with Crippen molar-refractivity contribution < 1.29 is 14.2 Å². The second-order valence-corrected chi connectivity index (χ2v) is 6.96. The van der Waals surface area contributed by atoms with E-state index in [0.29, 0.717) is 22.1 Å². The average molecular weight is 414 g/mol. The van der Waals surface area contributed by atoms with Crippen LogP contribution in [0, 0.1) is 5.82 Å². The van der Waals surface area contributed by atoms with Gasteiger partial charge in [-0.2, -0.15) is 5.10 Å². The highest BCUT2D eigenvalue weighted by atomic mass is 35.5. The molecule has 0 aliphatic carbocycles. The Kier molecular flexibility index (Phi) is 5.28. The molecule has 0 spiro atoms. The summed E-state index contributed by atoms with van der Waals surface area (Å²) in [5.41, 5.74) is -0.866. The number of hydrogen-bond acceptors (Lipinski definition) is 5. The zero-order valence-corrected chi connectivity index (χ0v) is 15.9. The molecule has 0 saturated carbocycles. The second-order valence-electron chi connectivity index (χ2n) is 6.56. The molecule has 4 rings (SSSR count). The summed E-state index contributed by atoms with van der Waals surface area (Å²) in [5.74, 6) is 0.603. The summed E-state index contributed by atoms with van der Waals surface area (Å²) in [6.45, 7) is 0.355. The molecule has 0 saturated heterocycles. The van der Waals surface area contributed by atoms with E-state index in [4.69, 9.17) is 16.3 Å². The third-order valence-electron chi connectivity index (χ3n) is 4.38. The predicted molar refractivity (Wildman–Crippen MR) is 104 cm³/mol. The first-order valence-corrected chi connectivity index (χ1v) is 9.14. The van der Waals surface area contributed by atoms with Gasteiger partial charge in [-0.1, -0.05) is 17.7 Å². The van der Waals surface area contributed by atoms with Gasteiger partial charge in [0.15, 0.2) is 0 Å². The molecule has 2 aromatic heterocycles. The third-order valence-corrected chi connectivity index (χ3v) is 4.70. The SMILES string of the molecule is OC(Cn1ccnc1)(Cn1cncn1)c1ccc(Oc2ccc(F)cc2)cc1Cl. The normalized spacial score (nSPS) is 13.2. The number of halogens is 2. The minimum absolute atomic E-state index is 0.142. The van der Waals surface area contributed by atoms with Crippen LogP contribution in [-0.2, 0) is 18.7 Å². The van der Waals surface area contributed by atoms with Crippen molar-refractivity contribution in [3.63, 3.8) is 0 Å². The van der Waals surface area contributed by atoms with Crippen LogP contribution >= 0.6 is 11.6 Å². The van der Waals surface area contributed by atoms with Crippen molar-refractivity contribution in [2.24, 2.45) is 0 Å². The van der Waals surface area contributed by atoms with Gasteiger partial charge in [0, 0.05) is 18.0 Å². The highest BCUT2D eigenvalue weighted by Crippen LogP contribution is 2.35. The molecule has 9 heteroatoms. The van der Waals surface area contributed by atoms with E-state index >= 15 is 0 Å². The van der Waals surface area contributed by atoms with E-state index in [9.17, 15) is 9.50 Å². The van der Waals surface area contributed by atoms with Crippen LogP contribution in [0.3, 0.4) is 0 Å². The Hall–Kier alpha value is -3.23. The first-order chi connectivity index (χ1) is 14.0. The highest BCUT2D eigenvalue weighted by molar-refractivity contribution is 6.31. The monoisotopic (exact) mass is 413 g/mol. The lowest BCUT2D eigenvalue weighted by Crippen LogP contribution is -2.36. The highest BCUT2D eigenvalue weighted by Gasteiger charge is 2.33. The Morgan fingerprint density at radius 3 is 2.48 bits per heavy atom. The first-order valence-electron chi connectivity index (χ1n) is 8.76. The first kappa shape index (κ1) is 19.1. The van der Waals surface area contributed by atoms with Crippen molar-refractivity contribution in [1.82, 2.24) is 24.3 Å². The average Bonchev–Trinajstić information content (AvgIpc) is 3.38. The van der Waals surface area contributed by atoms with Gasteiger partial charge in [-0.25, -0.2) is 19.0 Å². The summed E-state index contributed by atoms with van der Waals surface area (Å²) in [6, 6.07) is 10.7. The van der Waals surface area contributed by atoms with Gasteiger partial charge in [-0.15, -0.1) is 0 Å². The fourth-order valence-electron chi connectivity index (χ4n) is 3.06. The number of rotatable bonds is 7. The maximum Gasteiger partial charge on any atom is 0.137 e. The Morgan fingerprint density at radius 2 is 1.83 bits per heavy atom. The molecule has 29 heavy (non-hydrogen) atoms. The minimum atomic E-state index is -1.38. The Balaban J connectivity index is 1.63. The van der Waals surface area contributed by atoms with Crippen LogP contribution in [0.15, 0.2) is 73.8 Å². The van der Waals surface area contributed by atoms with Crippen LogP contribution in [0.4, 0.5) is 4.39 Å². The number of hydrogen-bond donors (Lipinski definition) is 1. The molecule has 0 fully saturated rings. The standard InChI is InChI=1S/C20H17ClFN5O2/c21-19-9-17(29-16-3-1-15(22)2-4-16)5-6-18(19)20(28,10-26-8-7-23-13-26)11-27-14-24-12-25-27/h1-9,12-14,28H,10-11H2. The van der Waals surface area contributed by atoms with E-state index < -0.39 is 5.60 Å². The van der Waals surface area contributed by atoms with Crippen LogP contribution in [0.1, 0.15) is 5.56 Å². The lowest BCUT2D eigenvalue weighted by molar-refractivity contribution is -0.00218. The minimum Gasteiger partial charge on any atom is -0.457 e. The summed E-state index contributed by atoms with van der Waals surface area (Å²) in [7, 11) is 0. The van der Waals surface area contributed by atoms with Crippen molar-refractivity contribution in [2.75, 3.05) is 0 Å². The predicted octanol–water partition coefficient (Wildman–Crippen LogP) is 3.65. The summed E-state index contributed by atoms with van der Waals surface area (Å²) in [5, 5.41) is 15.9. The van der Waals surface area contributed by atoms with E-state index in [0.717, 1.165) is 0 Å². The molecule has 0 aliphatic rings. The van der Waals surface area contributed by atoms with Gasteiger partial charge in [0.1, 0.15) is 35.6 Å². The maximum atomic E-state index is 13.1. The molecule has 0 aliphatic heterocycles. The summed E-state index contributed by atoms with van der Waals surface area (Å²) in [6.07, 6.45) is 7.94. The molecule has 0 radical (unpaired) electrons. The molecular weight excluding hydrogens is 397 g/mol. The quantitative estimate of drug-likeness (QED) is 0.500. The summed E-state index contributed by atoms with van der Waals surface area (Å²) in [4.78, 5) is 7.95. The van der Waals surface area contributed by atoms with Crippen molar-refractivity contribution >= 4 is 11.6 Å².